The number of aryl methyl sites for hydroxylation is 1. The Hall–Kier alpha value is -1.84. The molecule has 0 aromatic carbocycles. The molecule has 2 N–H and O–H groups in total. The number of aromatic nitrogens is 2. The zero-order chi connectivity index (χ0) is 13.8. The third-order valence-electron chi connectivity index (χ3n) is 2.52. The van der Waals surface area contributed by atoms with E-state index in [4.69, 9.17) is 5.73 Å². The van der Waals surface area contributed by atoms with Gasteiger partial charge in [0.15, 0.2) is 0 Å². The molecule has 4 heteroatoms. The molecule has 0 aliphatic carbocycles. The fourth-order valence-electron chi connectivity index (χ4n) is 1.46. The maximum Gasteiger partial charge on any atom is 0.111 e. The molecule has 0 aliphatic heterocycles. The predicted molar refractivity (Wildman–Crippen MR) is 77.1 cm³/mol. The summed E-state index contributed by atoms with van der Waals surface area (Å²) in [5.41, 5.74) is 6.97. The van der Waals surface area contributed by atoms with Crippen molar-refractivity contribution in [3.05, 3.63) is 36.6 Å². The molecule has 1 rings (SSSR count). The van der Waals surface area contributed by atoms with Gasteiger partial charge in [0.1, 0.15) is 11.6 Å². The summed E-state index contributed by atoms with van der Waals surface area (Å²) in [6.07, 6.45) is 9.16. The summed E-state index contributed by atoms with van der Waals surface area (Å²) in [4.78, 5) is 8.60. The van der Waals surface area contributed by atoms with Gasteiger partial charge in [0, 0.05) is 35.8 Å². The first kappa shape index (κ1) is 14.2. The highest BCUT2D eigenvalue weighted by Gasteiger charge is 2.17. The first-order valence-electron chi connectivity index (χ1n) is 6.03. The average molecular weight is 246 g/mol. The molecule has 1 aromatic rings. The summed E-state index contributed by atoms with van der Waals surface area (Å²) in [6, 6.07) is 0. The van der Waals surface area contributed by atoms with Crippen molar-refractivity contribution >= 4 is 11.5 Å². The zero-order valence-corrected chi connectivity index (χ0v) is 11.8. The lowest BCUT2D eigenvalue weighted by Gasteiger charge is -2.19. The number of imidazole rings is 1. The average Bonchev–Trinajstić information content (AvgIpc) is 2.68. The van der Waals surface area contributed by atoms with E-state index in [1.807, 2.05) is 36.8 Å². The van der Waals surface area contributed by atoms with Gasteiger partial charge in [-0.3, -0.25) is 9.56 Å². The van der Waals surface area contributed by atoms with Crippen LogP contribution in [0, 0.1) is 12.3 Å². The van der Waals surface area contributed by atoms with E-state index in [1.54, 1.807) is 12.4 Å². The number of hydrogen-bond donors (Lipinski definition) is 1. The van der Waals surface area contributed by atoms with Crippen LogP contribution in [0.4, 0.5) is 0 Å². The molecule has 0 fully saturated rings. The van der Waals surface area contributed by atoms with Crippen LogP contribution in [0.2, 0.25) is 0 Å². The van der Waals surface area contributed by atoms with Crippen molar-refractivity contribution in [2.45, 2.75) is 34.6 Å². The maximum absolute atomic E-state index is 6.09. The molecule has 1 aromatic heterocycles. The molecule has 0 spiro atoms. The van der Waals surface area contributed by atoms with Gasteiger partial charge in [-0.15, -0.1) is 0 Å². The van der Waals surface area contributed by atoms with Gasteiger partial charge in [-0.2, -0.15) is 0 Å². The molecule has 0 bridgehead atoms. The van der Waals surface area contributed by atoms with Gasteiger partial charge in [-0.25, -0.2) is 4.98 Å². The van der Waals surface area contributed by atoms with Gasteiger partial charge in [0.25, 0.3) is 0 Å². The Labute approximate surface area is 109 Å². The van der Waals surface area contributed by atoms with Gasteiger partial charge in [0.2, 0.25) is 0 Å². The SMILES string of the molecule is C\C=C/N=C(\C=C(/N)n1ccnc1C)C(C)(C)C. The van der Waals surface area contributed by atoms with Crippen LogP contribution in [-0.2, 0) is 0 Å². The van der Waals surface area contributed by atoms with Crippen LogP contribution < -0.4 is 5.73 Å². The Kier molecular flexibility index (Phi) is 4.48. The van der Waals surface area contributed by atoms with E-state index in [-0.39, 0.29) is 5.41 Å². The molecule has 0 radical (unpaired) electrons. The normalized spacial score (nSPS) is 14.5. The van der Waals surface area contributed by atoms with Crippen LogP contribution in [0.1, 0.15) is 33.5 Å². The van der Waals surface area contributed by atoms with E-state index >= 15 is 0 Å². The molecule has 0 saturated carbocycles. The van der Waals surface area contributed by atoms with Crippen LogP contribution in [0.25, 0.3) is 5.82 Å². The quantitative estimate of drug-likeness (QED) is 0.834. The highest BCUT2D eigenvalue weighted by atomic mass is 15.1. The fraction of sp³-hybridized carbons (Fsp3) is 0.429. The molecule has 1 heterocycles. The van der Waals surface area contributed by atoms with Gasteiger partial charge in [-0.1, -0.05) is 26.8 Å². The van der Waals surface area contributed by atoms with Crippen molar-refractivity contribution in [2.75, 3.05) is 0 Å². The van der Waals surface area contributed by atoms with Crippen LogP contribution in [0.5, 0.6) is 0 Å². The third-order valence-corrected chi connectivity index (χ3v) is 2.52. The van der Waals surface area contributed by atoms with E-state index in [0.717, 1.165) is 11.5 Å². The largest absolute Gasteiger partial charge is 0.385 e. The molecule has 0 atom stereocenters. The molecule has 0 aliphatic rings. The molecule has 0 unspecified atom stereocenters. The summed E-state index contributed by atoms with van der Waals surface area (Å²) >= 11 is 0. The molecule has 18 heavy (non-hydrogen) atoms. The zero-order valence-electron chi connectivity index (χ0n) is 11.8. The Bertz CT molecular complexity index is 484. The molecule has 98 valence electrons. The second kappa shape index (κ2) is 5.67. The van der Waals surface area contributed by atoms with E-state index in [0.29, 0.717) is 5.82 Å². The number of hydrogen-bond acceptors (Lipinski definition) is 3. The Morgan fingerprint density at radius 2 is 2.11 bits per heavy atom. The highest BCUT2D eigenvalue weighted by molar-refractivity contribution is 6.02. The smallest absolute Gasteiger partial charge is 0.111 e. The standard InChI is InChI=1S/C14H22N4/c1-6-7-17-12(14(3,4)5)10-13(15)18-9-8-16-11(18)2/h6-10H,15H2,1-5H3/b7-6-,13-10+,17-12+. The second-order valence-corrected chi connectivity index (χ2v) is 5.16. The minimum absolute atomic E-state index is 0.0569. The van der Waals surface area contributed by atoms with Crippen molar-refractivity contribution in [2.24, 2.45) is 16.1 Å². The molecular weight excluding hydrogens is 224 g/mol. The van der Waals surface area contributed by atoms with E-state index < -0.39 is 0 Å². The Morgan fingerprint density at radius 1 is 1.44 bits per heavy atom. The molecule has 0 amide bonds. The van der Waals surface area contributed by atoms with Crippen LogP contribution in [0.15, 0.2) is 35.7 Å². The predicted octanol–water partition coefficient (Wildman–Crippen LogP) is 2.97. The van der Waals surface area contributed by atoms with Crippen LogP contribution >= 0.6 is 0 Å². The van der Waals surface area contributed by atoms with Gasteiger partial charge >= 0.3 is 0 Å². The van der Waals surface area contributed by atoms with E-state index in [1.165, 1.54) is 0 Å². The van der Waals surface area contributed by atoms with Gasteiger partial charge in [-0.05, 0) is 13.8 Å². The first-order chi connectivity index (χ1) is 8.36. The van der Waals surface area contributed by atoms with Gasteiger partial charge < -0.3 is 5.73 Å². The molecule has 0 saturated heterocycles. The van der Waals surface area contributed by atoms with Crippen LogP contribution in [0.3, 0.4) is 0 Å². The van der Waals surface area contributed by atoms with Crippen molar-refractivity contribution in [1.29, 1.82) is 0 Å². The van der Waals surface area contributed by atoms with Gasteiger partial charge in [0.05, 0.1) is 0 Å². The fourth-order valence-corrected chi connectivity index (χ4v) is 1.46. The Morgan fingerprint density at radius 3 is 2.56 bits per heavy atom. The van der Waals surface area contributed by atoms with Crippen molar-refractivity contribution in [1.82, 2.24) is 9.55 Å². The van der Waals surface area contributed by atoms with Crippen molar-refractivity contribution in [3.8, 4) is 0 Å². The molecule has 4 nitrogen and oxygen atoms in total. The monoisotopic (exact) mass is 246 g/mol. The number of aliphatic imine (C=N–C) groups is 1. The highest BCUT2D eigenvalue weighted by Crippen LogP contribution is 2.19. The maximum atomic E-state index is 6.09. The first-order valence-corrected chi connectivity index (χ1v) is 6.03. The minimum atomic E-state index is -0.0569. The minimum Gasteiger partial charge on any atom is -0.385 e. The third kappa shape index (κ3) is 3.58. The lowest BCUT2D eigenvalue weighted by Crippen LogP contribution is -2.20. The topological polar surface area (TPSA) is 56.2 Å². The summed E-state index contributed by atoms with van der Waals surface area (Å²) in [5, 5.41) is 0. The van der Waals surface area contributed by atoms with Crippen molar-refractivity contribution in [3.63, 3.8) is 0 Å². The molecular formula is C14H22N4. The number of allylic oxidation sites excluding steroid dienone is 2. The number of nitrogens with two attached hydrogens (primary N) is 1. The summed E-state index contributed by atoms with van der Waals surface area (Å²) in [6.45, 7) is 10.2. The lowest BCUT2D eigenvalue weighted by molar-refractivity contribution is 0.594. The summed E-state index contributed by atoms with van der Waals surface area (Å²) < 4.78 is 1.84. The summed E-state index contributed by atoms with van der Waals surface area (Å²) in [7, 11) is 0. The number of rotatable bonds is 3. The lowest BCUT2D eigenvalue weighted by atomic mass is 9.89. The number of nitrogens with zero attached hydrogens (tertiary/aromatic N) is 3. The summed E-state index contributed by atoms with van der Waals surface area (Å²) in [5.74, 6) is 1.49. The second-order valence-electron chi connectivity index (χ2n) is 5.16. The Balaban J connectivity index is 3.14. The van der Waals surface area contributed by atoms with E-state index in [2.05, 4.69) is 30.7 Å². The van der Waals surface area contributed by atoms with Crippen LogP contribution in [-0.4, -0.2) is 15.3 Å². The van der Waals surface area contributed by atoms with E-state index in [9.17, 15) is 0 Å². The van der Waals surface area contributed by atoms with Crippen molar-refractivity contribution < 1.29 is 0 Å².